The van der Waals surface area contributed by atoms with Gasteiger partial charge in [-0.2, -0.15) is 0 Å². The maximum Gasteiger partial charge on any atom is 0.410 e. The predicted octanol–water partition coefficient (Wildman–Crippen LogP) is 1.84. The van der Waals surface area contributed by atoms with Gasteiger partial charge < -0.3 is 19.6 Å². The number of ether oxygens (including phenoxy) is 1. The number of aromatic nitrogens is 1. The van der Waals surface area contributed by atoms with Gasteiger partial charge in [-0.15, -0.1) is 0 Å². The number of rotatable bonds is 2. The molecule has 2 atom stereocenters. The van der Waals surface area contributed by atoms with Gasteiger partial charge in [-0.05, 0) is 52.2 Å². The monoisotopic (exact) mass is 484 g/mol. The Balaban J connectivity index is 1.38. The van der Waals surface area contributed by atoms with E-state index in [9.17, 15) is 24.3 Å². The van der Waals surface area contributed by atoms with Crippen LogP contribution in [0, 0.1) is 5.41 Å². The first-order valence-electron chi connectivity index (χ1n) is 12.3. The van der Waals surface area contributed by atoms with Gasteiger partial charge in [0.15, 0.2) is 0 Å². The SMILES string of the molecule is CC(C)(C)OC(=O)N1CCC(O)(c2ccc3c(n2)CN(C2CCC(=O)NC2=O)C3=O)C2(CCC2)C1. The van der Waals surface area contributed by atoms with Crippen molar-refractivity contribution in [3.63, 3.8) is 0 Å². The van der Waals surface area contributed by atoms with Gasteiger partial charge in [-0.25, -0.2) is 4.79 Å². The molecule has 4 amide bonds. The van der Waals surface area contributed by atoms with Crippen LogP contribution in [0.1, 0.15) is 81.0 Å². The van der Waals surface area contributed by atoms with Gasteiger partial charge in [0, 0.05) is 31.3 Å². The van der Waals surface area contributed by atoms with E-state index < -0.39 is 28.6 Å². The number of pyridine rings is 1. The highest BCUT2D eigenvalue weighted by Gasteiger charge is 2.59. The van der Waals surface area contributed by atoms with Crippen molar-refractivity contribution in [2.75, 3.05) is 13.1 Å². The third-order valence-electron chi connectivity index (χ3n) is 7.87. The van der Waals surface area contributed by atoms with Crippen LogP contribution in [-0.2, 0) is 26.5 Å². The van der Waals surface area contributed by atoms with E-state index in [0.717, 1.165) is 19.3 Å². The molecular formula is C25H32N4O6. The van der Waals surface area contributed by atoms with Gasteiger partial charge in [0.2, 0.25) is 11.8 Å². The predicted molar refractivity (Wildman–Crippen MR) is 123 cm³/mol. The fraction of sp³-hybridized carbons (Fsp3) is 0.640. The molecule has 4 heterocycles. The highest BCUT2D eigenvalue weighted by atomic mass is 16.6. The van der Waals surface area contributed by atoms with E-state index in [-0.39, 0.29) is 37.3 Å². The van der Waals surface area contributed by atoms with E-state index in [1.165, 1.54) is 4.90 Å². The number of hydrogen-bond donors (Lipinski definition) is 2. The molecule has 2 unspecified atom stereocenters. The number of piperidine rings is 2. The van der Waals surface area contributed by atoms with Gasteiger partial charge in [0.05, 0.1) is 23.5 Å². The van der Waals surface area contributed by atoms with Crippen LogP contribution in [0.15, 0.2) is 12.1 Å². The molecule has 188 valence electrons. The number of hydrogen-bond acceptors (Lipinski definition) is 7. The van der Waals surface area contributed by atoms with Crippen molar-refractivity contribution < 1.29 is 29.0 Å². The first kappa shape index (κ1) is 23.7. The van der Waals surface area contributed by atoms with Crippen molar-refractivity contribution in [3.05, 3.63) is 29.1 Å². The van der Waals surface area contributed by atoms with Gasteiger partial charge in [-0.3, -0.25) is 24.7 Å². The summed E-state index contributed by atoms with van der Waals surface area (Å²) >= 11 is 0. The van der Waals surface area contributed by atoms with Crippen LogP contribution in [0.3, 0.4) is 0 Å². The first-order valence-corrected chi connectivity index (χ1v) is 12.3. The zero-order chi connectivity index (χ0) is 25.2. The Morgan fingerprint density at radius 3 is 2.57 bits per heavy atom. The molecule has 10 heteroatoms. The molecule has 10 nitrogen and oxygen atoms in total. The highest BCUT2D eigenvalue weighted by molar-refractivity contribution is 6.05. The molecule has 0 bridgehead atoms. The van der Waals surface area contributed by atoms with Crippen LogP contribution in [0.4, 0.5) is 4.79 Å². The Labute approximate surface area is 204 Å². The Hall–Kier alpha value is -3.01. The highest BCUT2D eigenvalue weighted by Crippen LogP contribution is 2.57. The van der Waals surface area contributed by atoms with Crippen LogP contribution >= 0.6 is 0 Å². The third kappa shape index (κ3) is 3.87. The van der Waals surface area contributed by atoms with Crippen LogP contribution in [0.25, 0.3) is 0 Å². The summed E-state index contributed by atoms with van der Waals surface area (Å²) in [5, 5.41) is 14.3. The van der Waals surface area contributed by atoms with Crippen molar-refractivity contribution in [2.45, 2.75) is 83.1 Å². The lowest BCUT2D eigenvalue weighted by Crippen LogP contribution is -2.62. The number of amides is 4. The number of imide groups is 1. The summed E-state index contributed by atoms with van der Waals surface area (Å²) in [6.45, 7) is 6.38. The first-order chi connectivity index (χ1) is 16.4. The molecule has 3 fully saturated rings. The second kappa shape index (κ2) is 8.01. The normalized spacial score (nSPS) is 28.0. The molecule has 1 saturated carbocycles. The van der Waals surface area contributed by atoms with Gasteiger partial charge in [0.1, 0.15) is 17.2 Å². The Morgan fingerprint density at radius 1 is 1.20 bits per heavy atom. The molecule has 0 radical (unpaired) electrons. The summed E-state index contributed by atoms with van der Waals surface area (Å²) in [5.74, 6) is -1.09. The summed E-state index contributed by atoms with van der Waals surface area (Å²) in [6.07, 6.45) is 2.90. The molecule has 3 aliphatic heterocycles. The number of nitrogens with one attached hydrogen (secondary N) is 1. The van der Waals surface area contributed by atoms with Crippen molar-refractivity contribution in [1.29, 1.82) is 0 Å². The van der Waals surface area contributed by atoms with E-state index >= 15 is 0 Å². The molecular weight excluding hydrogens is 452 g/mol. The second-order valence-corrected chi connectivity index (χ2v) is 11.2. The lowest BCUT2D eigenvalue weighted by Gasteiger charge is -2.58. The fourth-order valence-corrected chi connectivity index (χ4v) is 5.86. The number of carbonyl (C=O) groups is 4. The molecule has 5 rings (SSSR count). The molecule has 35 heavy (non-hydrogen) atoms. The number of fused-ring (bicyclic) bond motifs is 1. The van der Waals surface area contributed by atoms with E-state index in [0.29, 0.717) is 36.5 Å². The van der Waals surface area contributed by atoms with Crippen LogP contribution in [0.5, 0.6) is 0 Å². The lowest BCUT2D eigenvalue weighted by molar-refractivity contribution is -0.178. The zero-order valence-corrected chi connectivity index (χ0v) is 20.4. The summed E-state index contributed by atoms with van der Waals surface area (Å²) in [7, 11) is 0. The van der Waals surface area contributed by atoms with Crippen LogP contribution in [0.2, 0.25) is 0 Å². The summed E-state index contributed by atoms with van der Waals surface area (Å²) in [4.78, 5) is 57.5. The van der Waals surface area contributed by atoms with Gasteiger partial charge in [-0.1, -0.05) is 6.42 Å². The summed E-state index contributed by atoms with van der Waals surface area (Å²) in [5.41, 5.74) is -0.914. The molecule has 0 aromatic carbocycles. The van der Waals surface area contributed by atoms with E-state index in [2.05, 4.69) is 5.32 Å². The number of likely N-dealkylation sites (tertiary alicyclic amines) is 1. The van der Waals surface area contributed by atoms with Gasteiger partial charge >= 0.3 is 6.09 Å². The Kier molecular flexibility index (Phi) is 5.43. The minimum Gasteiger partial charge on any atom is -0.444 e. The van der Waals surface area contributed by atoms with Crippen LogP contribution < -0.4 is 5.32 Å². The van der Waals surface area contributed by atoms with Gasteiger partial charge in [0.25, 0.3) is 5.91 Å². The summed E-state index contributed by atoms with van der Waals surface area (Å²) < 4.78 is 5.56. The van der Waals surface area contributed by atoms with E-state index in [1.54, 1.807) is 17.0 Å². The quantitative estimate of drug-likeness (QED) is 0.613. The number of nitrogens with zero attached hydrogens (tertiary/aromatic N) is 3. The van der Waals surface area contributed by atoms with Crippen molar-refractivity contribution in [3.8, 4) is 0 Å². The minimum atomic E-state index is -1.23. The maximum absolute atomic E-state index is 13.0. The molecule has 2 N–H and O–H groups in total. The Morgan fingerprint density at radius 2 is 1.94 bits per heavy atom. The minimum absolute atomic E-state index is 0.154. The standard InChI is InChI=1S/C25H32N4O6/c1-23(2,3)35-22(33)28-12-11-25(34,24(14-28)9-4-10-24)18-7-5-15-16(26-18)13-29(21(15)32)17-6-8-19(30)27-20(17)31/h5,7,17,34H,4,6,8-14H2,1-3H3,(H,27,30,31). The third-order valence-corrected chi connectivity index (χ3v) is 7.87. The summed E-state index contributed by atoms with van der Waals surface area (Å²) in [6, 6.07) is 2.67. The van der Waals surface area contributed by atoms with E-state index in [1.807, 2.05) is 20.8 Å². The zero-order valence-electron chi connectivity index (χ0n) is 20.4. The van der Waals surface area contributed by atoms with Crippen molar-refractivity contribution in [1.82, 2.24) is 20.1 Å². The average molecular weight is 485 g/mol. The van der Waals surface area contributed by atoms with Crippen molar-refractivity contribution >= 4 is 23.8 Å². The molecule has 1 aliphatic carbocycles. The Bertz CT molecular complexity index is 1110. The molecule has 4 aliphatic rings. The molecule has 1 aromatic heterocycles. The molecule has 2 saturated heterocycles. The molecule has 1 aromatic rings. The fourth-order valence-electron chi connectivity index (χ4n) is 5.86. The lowest BCUT2D eigenvalue weighted by atomic mass is 9.55. The van der Waals surface area contributed by atoms with E-state index in [4.69, 9.17) is 9.72 Å². The number of carbonyl (C=O) groups excluding carboxylic acids is 4. The second-order valence-electron chi connectivity index (χ2n) is 11.2. The largest absolute Gasteiger partial charge is 0.444 e. The molecule has 1 spiro atoms. The smallest absolute Gasteiger partial charge is 0.410 e. The average Bonchev–Trinajstić information content (AvgIpc) is 3.07. The van der Waals surface area contributed by atoms with Crippen LogP contribution in [-0.4, -0.2) is 68.4 Å². The van der Waals surface area contributed by atoms with Crippen molar-refractivity contribution in [2.24, 2.45) is 5.41 Å². The maximum atomic E-state index is 13.0. The number of aliphatic hydroxyl groups is 1. The topological polar surface area (TPSA) is 129 Å².